The van der Waals surface area contributed by atoms with Crippen molar-refractivity contribution < 1.29 is 4.74 Å². The Morgan fingerprint density at radius 3 is 3.06 bits per heavy atom. The SMILES string of the molecule is CNC1(C2CCN(CCOC)C2)C=CC(N)=CC1. The van der Waals surface area contributed by atoms with Crippen LogP contribution in [-0.2, 0) is 4.74 Å². The van der Waals surface area contributed by atoms with E-state index in [4.69, 9.17) is 10.5 Å². The van der Waals surface area contributed by atoms with Gasteiger partial charge < -0.3 is 20.7 Å². The van der Waals surface area contributed by atoms with E-state index < -0.39 is 0 Å². The van der Waals surface area contributed by atoms with Crippen LogP contribution < -0.4 is 11.1 Å². The third-order valence-corrected chi connectivity index (χ3v) is 4.33. The Morgan fingerprint density at radius 2 is 2.44 bits per heavy atom. The van der Waals surface area contributed by atoms with Gasteiger partial charge in [-0.1, -0.05) is 12.2 Å². The number of likely N-dealkylation sites (tertiary alicyclic amines) is 1. The van der Waals surface area contributed by atoms with Gasteiger partial charge in [-0.25, -0.2) is 0 Å². The first kappa shape index (κ1) is 13.6. The highest BCUT2D eigenvalue weighted by Gasteiger charge is 2.39. The second-order valence-corrected chi connectivity index (χ2v) is 5.31. The van der Waals surface area contributed by atoms with E-state index in [1.54, 1.807) is 7.11 Å². The smallest absolute Gasteiger partial charge is 0.0589 e. The van der Waals surface area contributed by atoms with Gasteiger partial charge in [0.15, 0.2) is 0 Å². The molecule has 1 saturated heterocycles. The van der Waals surface area contributed by atoms with Crippen molar-refractivity contribution in [3.05, 3.63) is 23.9 Å². The topological polar surface area (TPSA) is 50.5 Å². The van der Waals surface area contributed by atoms with Gasteiger partial charge in [-0.2, -0.15) is 0 Å². The largest absolute Gasteiger partial charge is 0.399 e. The summed E-state index contributed by atoms with van der Waals surface area (Å²) in [5.74, 6) is 0.653. The summed E-state index contributed by atoms with van der Waals surface area (Å²) in [7, 11) is 3.82. The zero-order valence-corrected chi connectivity index (χ0v) is 11.5. The minimum absolute atomic E-state index is 0.0880. The molecule has 2 aliphatic rings. The van der Waals surface area contributed by atoms with Gasteiger partial charge in [0, 0.05) is 31.4 Å². The first-order valence-electron chi connectivity index (χ1n) is 6.75. The van der Waals surface area contributed by atoms with Crippen molar-refractivity contribution in [1.82, 2.24) is 10.2 Å². The van der Waals surface area contributed by atoms with Crippen molar-refractivity contribution in [3.63, 3.8) is 0 Å². The number of methoxy groups -OCH3 is 1. The summed E-state index contributed by atoms with van der Waals surface area (Å²) in [5.41, 5.74) is 6.79. The van der Waals surface area contributed by atoms with Crippen LogP contribution in [0.1, 0.15) is 12.8 Å². The van der Waals surface area contributed by atoms with E-state index in [-0.39, 0.29) is 5.54 Å². The van der Waals surface area contributed by atoms with Crippen LogP contribution in [0.25, 0.3) is 0 Å². The normalized spacial score (nSPS) is 32.8. The van der Waals surface area contributed by atoms with Gasteiger partial charge in [0.1, 0.15) is 0 Å². The predicted octanol–water partition coefficient (Wildman–Crippen LogP) is 0.715. The highest BCUT2D eigenvalue weighted by molar-refractivity contribution is 5.28. The van der Waals surface area contributed by atoms with Crippen molar-refractivity contribution in [2.24, 2.45) is 11.7 Å². The molecule has 2 unspecified atom stereocenters. The number of nitrogens with one attached hydrogen (secondary N) is 1. The highest BCUT2D eigenvalue weighted by atomic mass is 16.5. The average molecular weight is 251 g/mol. The van der Waals surface area contributed by atoms with Gasteiger partial charge >= 0.3 is 0 Å². The quantitative estimate of drug-likeness (QED) is 0.756. The van der Waals surface area contributed by atoms with E-state index in [9.17, 15) is 0 Å². The van der Waals surface area contributed by atoms with Crippen LogP contribution in [-0.4, -0.2) is 50.8 Å². The Kier molecular flexibility index (Phi) is 4.43. The zero-order chi connectivity index (χ0) is 13.0. The number of nitrogens with zero attached hydrogens (tertiary/aromatic N) is 1. The molecule has 0 aromatic rings. The average Bonchev–Trinajstić information content (AvgIpc) is 2.87. The Balaban J connectivity index is 1.97. The van der Waals surface area contributed by atoms with E-state index in [1.165, 1.54) is 13.0 Å². The van der Waals surface area contributed by atoms with Crippen LogP contribution in [0, 0.1) is 5.92 Å². The van der Waals surface area contributed by atoms with Crippen LogP contribution in [0.5, 0.6) is 0 Å². The lowest BCUT2D eigenvalue weighted by Gasteiger charge is -2.37. The molecule has 18 heavy (non-hydrogen) atoms. The van der Waals surface area contributed by atoms with Gasteiger partial charge in [0.2, 0.25) is 0 Å². The first-order valence-corrected chi connectivity index (χ1v) is 6.75. The number of rotatable bonds is 5. The Hall–Kier alpha value is -0.840. The zero-order valence-electron chi connectivity index (χ0n) is 11.5. The summed E-state index contributed by atoms with van der Waals surface area (Å²) in [6.45, 7) is 4.17. The lowest BCUT2D eigenvalue weighted by molar-refractivity contribution is 0.155. The molecule has 3 N–H and O–H groups in total. The third-order valence-electron chi connectivity index (χ3n) is 4.33. The van der Waals surface area contributed by atoms with E-state index in [0.29, 0.717) is 5.92 Å². The second-order valence-electron chi connectivity index (χ2n) is 5.31. The summed E-state index contributed by atoms with van der Waals surface area (Å²) < 4.78 is 5.15. The third kappa shape index (κ3) is 2.76. The first-order chi connectivity index (χ1) is 8.70. The molecule has 4 nitrogen and oxygen atoms in total. The number of ether oxygens (including phenoxy) is 1. The molecule has 0 radical (unpaired) electrons. The standard InChI is InChI=1S/C14H25N3O/c1-16-14(6-3-13(15)4-7-14)12-5-8-17(11-12)9-10-18-2/h3-4,6,12,16H,5,7-11,15H2,1-2H3. The fourth-order valence-electron chi connectivity index (χ4n) is 3.04. The molecule has 0 aromatic carbocycles. The highest BCUT2D eigenvalue weighted by Crippen LogP contribution is 2.33. The molecule has 1 aliphatic heterocycles. The minimum atomic E-state index is 0.0880. The summed E-state index contributed by atoms with van der Waals surface area (Å²) in [5, 5.41) is 3.51. The molecule has 1 fully saturated rings. The maximum absolute atomic E-state index is 5.82. The Morgan fingerprint density at radius 1 is 1.61 bits per heavy atom. The molecule has 2 rings (SSSR count). The molecular weight excluding hydrogens is 226 g/mol. The Labute approximate surface area is 110 Å². The van der Waals surface area contributed by atoms with Crippen molar-refractivity contribution in [2.75, 3.05) is 40.4 Å². The molecule has 2 atom stereocenters. The van der Waals surface area contributed by atoms with Gasteiger partial charge in [0.25, 0.3) is 0 Å². The molecular formula is C14H25N3O. The van der Waals surface area contributed by atoms with Gasteiger partial charge in [-0.3, -0.25) is 0 Å². The Bertz CT molecular complexity index is 340. The summed E-state index contributed by atoms with van der Waals surface area (Å²) in [4.78, 5) is 2.49. The van der Waals surface area contributed by atoms with Gasteiger partial charge in [-0.05, 0) is 38.4 Å². The molecule has 0 aromatic heterocycles. The molecule has 0 saturated carbocycles. The van der Waals surface area contributed by atoms with E-state index in [0.717, 1.165) is 31.8 Å². The van der Waals surface area contributed by atoms with Gasteiger partial charge in [0.05, 0.1) is 6.61 Å². The van der Waals surface area contributed by atoms with Crippen LogP contribution in [0.3, 0.4) is 0 Å². The minimum Gasteiger partial charge on any atom is -0.399 e. The number of hydrogen-bond donors (Lipinski definition) is 2. The summed E-state index contributed by atoms with van der Waals surface area (Å²) >= 11 is 0. The van der Waals surface area contributed by atoms with E-state index in [1.807, 2.05) is 6.08 Å². The molecule has 0 bridgehead atoms. The number of likely N-dealkylation sites (N-methyl/N-ethyl adjacent to an activating group) is 1. The monoisotopic (exact) mass is 251 g/mol. The van der Waals surface area contributed by atoms with Crippen molar-refractivity contribution >= 4 is 0 Å². The molecule has 1 aliphatic carbocycles. The van der Waals surface area contributed by atoms with E-state index >= 15 is 0 Å². The maximum atomic E-state index is 5.82. The van der Waals surface area contributed by atoms with Crippen molar-refractivity contribution in [2.45, 2.75) is 18.4 Å². The number of hydrogen-bond acceptors (Lipinski definition) is 4. The summed E-state index contributed by atoms with van der Waals surface area (Å²) in [6, 6.07) is 0. The fourth-order valence-corrected chi connectivity index (χ4v) is 3.04. The maximum Gasteiger partial charge on any atom is 0.0589 e. The number of allylic oxidation sites excluding steroid dienone is 1. The van der Waals surface area contributed by atoms with Crippen LogP contribution in [0.2, 0.25) is 0 Å². The predicted molar refractivity (Wildman–Crippen MR) is 74.2 cm³/mol. The molecule has 4 heteroatoms. The molecule has 0 amide bonds. The summed E-state index contributed by atoms with van der Waals surface area (Å²) in [6.07, 6.45) is 8.66. The molecule has 0 spiro atoms. The second kappa shape index (κ2) is 5.87. The molecule has 1 heterocycles. The van der Waals surface area contributed by atoms with Crippen molar-refractivity contribution in [1.29, 1.82) is 0 Å². The van der Waals surface area contributed by atoms with Gasteiger partial charge in [-0.15, -0.1) is 0 Å². The van der Waals surface area contributed by atoms with Crippen molar-refractivity contribution in [3.8, 4) is 0 Å². The van der Waals surface area contributed by atoms with Crippen LogP contribution in [0.4, 0.5) is 0 Å². The van der Waals surface area contributed by atoms with E-state index in [2.05, 4.69) is 29.4 Å². The van der Waals surface area contributed by atoms with Crippen LogP contribution in [0.15, 0.2) is 23.9 Å². The molecule has 102 valence electrons. The van der Waals surface area contributed by atoms with Crippen LogP contribution >= 0.6 is 0 Å². The lowest BCUT2D eigenvalue weighted by atomic mass is 9.78. The number of nitrogens with two attached hydrogens (primary N) is 1. The fraction of sp³-hybridized carbons (Fsp3) is 0.714. The lowest BCUT2D eigenvalue weighted by Crippen LogP contribution is -2.49.